The van der Waals surface area contributed by atoms with Gasteiger partial charge in [0, 0.05) is 0 Å². The Balaban J connectivity index is 1.35. The number of hydrogen-bond acceptors (Lipinski definition) is 8. The molecule has 0 saturated carbocycles. The molecular formula is C18H19N5O4S. The Labute approximate surface area is 165 Å². The first-order chi connectivity index (χ1) is 13.6. The van der Waals surface area contributed by atoms with Crippen LogP contribution in [0.2, 0.25) is 0 Å². The van der Waals surface area contributed by atoms with Crippen molar-refractivity contribution in [2.75, 3.05) is 24.8 Å². The first-order valence-corrected chi connectivity index (χ1v) is 9.66. The van der Waals surface area contributed by atoms with Crippen LogP contribution in [0.15, 0.2) is 46.2 Å². The molecule has 2 aromatic heterocycles. The lowest BCUT2D eigenvalue weighted by atomic mass is 10.1. The SMILES string of the molecule is CC(NC(=O)CSc1nnc(-c2ccco2)n1N)c1ccc2c(c1)OCCO2. The molecule has 1 aliphatic rings. The van der Waals surface area contributed by atoms with Crippen LogP contribution >= 0.6 is 11.8 Å². The Morgan fingerprint density at radius 2 is 2.11 bits per heavy atom. The van der Waals surface area contributed by atoms with Crippen molar-refractivity contribution in [3.8, 4) is 23.1 Å². The van der Waals surface area contributed by atoms with E-state index in [1.54, 1.807) is 12.1 Å². The minimum absolute atomic E-state index is 0.144. The molecule has 1 aromatic carbocycles. The number of nitrogens with one attached hydrogen (secondary N) is 1. The van der Waals surface area contributed by atoms with Gasteiger partial charge in [0.1, 0.15) is 13.2 Å². The molecule has 0 bridgehead atoms. The number of furan rings is 1. The summed E-state index contributed by atoms with van der Waals surface area (Å²) in [5.74, 6) is 8.33. The summed E-state index contributed by atoms with van der Waals surface area (Å²) in [7, 11) is 0. The Morgan fingerprint density at radius 1 is 1.29 bits per heavy atom. The molecule has 3 N–H and O–H groups in total. The fourth-order valence-electron chi connectivity index (χ4n) is 2.78. The van der Waals surface area contributed by atoms with Crippen molar-refractivity contribution in [1.82, 2.24) is 20.2 Å². The number of aromatic nitrogens is 3. The molecule has 1 unspecified atom stereocenters. The lowest BCUT2D eigenvalue weighted by Crippen LogP contribution is -2.28. The minimum Gasteiger partial charge on any atom is -0.486 e. The maximum Gasteiger partial charge on any atom is 0.230 e. The summed E-state index contributed by atoms with van der Waals surface area (Å²) >= 11 is 1.20. The molecule has 28 heavy (non-hydrogen) atoms. The van der Waals surface area contributed by atoms with Crippen molar-refractivity contribution in [3.63, 3.8) is 0 Å². The summed E-state index contributed by atoms with van der Waals surface area (Å²) in [6.45, 7) is 2.98. The van der Waals surface area contributed by atoms with Crippen LogP contribution in [0.25, 0.3) is 11.6 Å². The lowest BCUT2D eigenvalue weighted by molar-refractivity contribution is -0.119. The molecule has 1 amide bonds. The van der Waals surface area contributed by atoms with Crippen molar-refractivity contribution >= 4 is 17.7 Å². The zero-order chi connectivity index (χ0) is 19.5. The molecule has 4 rings (SSSR count). The molecule has 1 atom stereocenters. The number of carbonyl (C=O) groups is 1. The van der Waals surface area contributed by atoms with Crippen molar-refractivity contribution < 1.29 is 18.7 Å². The molecule has 9 nitrogen and oxygen atoms in total. The van der Waals surface area contributed by atoms with E-state index in [9.17, 15) is 4.79 Å². The van der Waals surface area contributed by atoms with E-state index >= 15 is 0 Å². The van der Waals surface area contributed by atoms with Crippen molar-refractivity contribution in [1.29, 1.82) is 0 Å². The van der Waals surface area contributed by atoms with Gasteiger partial charge in [0.05, 0.1) is 18.1 Å². The van der Waals surface area contributed by atoms with Crippen LogP contribution in [0.4, 0.5) is 0 Å². The van der Waals surface area contributed by atoms with E-state index in [1.165, 1.54) is 22.7 Å². The number of thioether (sulfide) groups is 1. The van der Waals surface area contributed by atoms with E-state index in [0.29, 0.717) is 35.7 Å². The predicted molar refractivity (Wildman–Crippen MR) is 103 cm³/mol. The van der Waals surface area contributed by atoms with Crippen LogP contribution in [0.3, 0.4) is 0 Å². The highest BCUT2D eigenvalue weighted by atomic mass is 32.2. The van der Waals surface area contributed by atoms with Gasteiger partial charge in [0.25, 0.3) is 0 Å². The Hall–Kier alpha value is -3.14. The average molecular weight is 401 g/mol. The topological polar surface area (TPSA) is 117 Å². The number of amides is 1. The molecule has 10 heteroatoms. The molecule has 146 valence electrons. The third-order valence-corrected chi connectivity index (χ3v) is 5.13. The van der Waals surface area contributed by atoms with E-state index in [4.69, 9.17) is 19.7 Å². The quantitative estimate of drug-likeness (QED) is 0.476. The van der Waals surface area contributed by atoms with Gasteiger partial charge in [-0.1, -0.05) is 17.8 Å². The molecule has 0 saturated heterocycles. The fraction of sp³-hybridized carbons (Fsp3) is 0.278. The number of hydrogen-bond donors (Lipinski definition) is 2. The number of fused-ring (bicyclic) bond motifs is 1. The van der Waals surface area contributed by atoms with E-state index < -0.39 is 0 Å². The standard InChI is InChI=1S/C18H19N5O4S/c1-11(12-4-5-13-15(9-12)27-8-7-26-13)20-16(24)10-28-18-22-21-17(23(18)19)14-3-2-6-25-14/h2-6,9,11H,7-8,10,19H2,1H3,(H,20,24). The highest BCUT2D eigenvalue weighted by molar-refractivity contribution is 7.99. The molecule has 0 fully saturated rings. The summed E-state index contributed by atoms with van der Waals surface area (Å²) in [4.78, 5) is 12.3. The normalized spacial score (nSPS) is 13.9. The van der Waals surface area contributed by atoms with Gasteiger partial charge in [0.15, 0.2) is 17.3 Å². The van der Waals surface area contributed by atoms with Crippen LogP contribution in [-0.2, 0) is 4.79 Å². The van der Waals surface area contributed by atoms with Crippen LogP contribution in [-0.4, -0.2) is 39.7 Å². The smallest absolute Gasteiger partial charge is 0.230 e. The van der Waals surface area contributed by atoms with Gasteiger partial charge in [-0.25, -0.2) is 4.68 Å². The molecule has 1 aliphatic heterocycles. The molecular weight excluding hydrogens is 382 g/mol. The van der Waals surface area contributed by atoms with Gasteiger partial charge in [0.2, 0.25) is 16.9 Å². The van der Waals surface area contributed by atoms with Crippen molar-refractivity contribution in [2.45, 2.75) is 18.1 Å². The van der Waals surface area contributed by atoms with Gasteiger partial charge in [-0.05, 0) is 36.8 Å². The Kier molecular flexibility index (Phi) is 5.11. The third kappa shape index (κ3) is 3.77. The Morgan fingerprint density at radius 3 is 2.89 bits per heavy atom. The van der Waals surface area contributed by atoms with E-state index in [1.807, 2.05) is 25.1 Å². The highest BCUT2D eigenvalue weighted by Crippen LogP contribution is 2.32. The number of nitrogen functional groups attached to an aromatic ring is 1. The molecule has 0 radical (unpaired) electrons. The van der Waals surface area contributed by atoms with Gasteiger partial charge in [-0.15, -0.1) is 10.2 Å². The number of benzene rings is 1. The second-order valence-electron chi connectivity index (χ2n) is 6.13. The number of carbonyl (C=O) groups excluding carboxylic acids is 1. The monoisotopic (exact) mass is 401 g/mol. The number of rotatable bonds is 6. The molecule has 0 spiro atoms. The van der Waals surface area contributed by atoms with E-state index in [-0.39, 0.29) is 17.7 Å². The lowest BCUT2D eigenvalue weighted by Gasteiger charge is -2.21. The van der Waals surface area contributed by atoms with Crippen molar-refractivity contribution in [2.24, 2.45) is 0 Å². The second-order valence-corrected chi connectivity index (χ2v) is 7.08. The van der Waals surface area contributed by atoms with Crippen LogP contribution in [0, 0.1) is 0 Å². The minimum atomic E-state index is -0.182. The third-order valence-electron chi connectivity index (χ3n) is 4.18. The average Bonchev–Trinajstić information content (AvgIpc) is 3.35. The zero-order valence-corrected chi connectivity index (χ0v) is 15.9. The van der Waals surface area contributed by atoms with Crippen LogP contribution in [0.5, 0.6) is 11.5 Å². The summed E-state index contributed by atoms with van der Waals surface area (Å²) in [5.41, 5.74) is 0.935. The van der Waals surface area contributed by atoms with Crippen molar-refractivity contribution in [3.05, 3.63) is 42.2 Å². The molecule has 3 heterocycles. The van der Waals surface area contributed by atoms with E-state index in [2.05, 4.69) is 15.5 Å². The van der Waals surface area contributed by atoms with Crippen LogP contribution in [0.1, 0.15) is 18.5 Å². The summed E-state index contributed by atoms with van der Waals surface area (Å²) in [6.07, 6.45) is 1.53. The maximum atomic E-state index is 12.3. The number of nitrogens with two attached hydrogens (primary N) is 1. The van der Waals surface area contributed by atoms with Gasteiger partial charge >= 0.3 is 0 Å². The predicted octanol–water partition coefficient (Wildman–Crippen LogP) is 1.99. The van der Waals surface area contributed by atoms with E-state index in [0.717, 1.165) is 11.3 Å². The fourth-order valence-corrected chi connectivity index (χ4v) is 3.44. The summed E-state index contributed by atoms with van der Waals surface area (Å²) in [6, 6.07) is 8.95. The maximum absolute atomic E-state index is 12.3. The molecule has 3 aromatic rings. The largest absolute Gasteiger partial charge is 0.486 e. The highest BCUT2D eigenvalue weighted by Gasteiger charge is 2.18. The summed E-state index contributed by atoms with van der Waals surface area (Å²) in [5, 5.41) is 11.4. The zero-order valence-electron chi connectivity index (χ0n) is 15.1. The Bertz CT molecular complexity index is 973. The van der Waals surface area contributed by atoms with Crippen LogP contribution < -0.4 is 20.6 Å². The summed E-state index contributed by atoms with van der Waals surface area (Å²) < 4.78 is 17.7. The first-order valence-electron chi connectivity index (χ1n) is 8.68. The van der Waals surface area contributed by atoms with Gasteiger partial charge in [-0.2, -0.15) is 0 Å². The first kappa shape index (κ1) is 18.2. The van der Waals surface area contributed by atoms with Gasteiger partial charge in [-0.3, -0.25) is 4.79 Å². The van der Waals surface area contributed by atoms with Gasteiger partial charge < -0.3 is 25.1 Å². The second kappa shape index (κ2) is 7.85. The molecule has 0 aliphatic carbocycles. The number of ether oxygens (including phenoxy) is 2. The number of nitrogens with zero attached hydrogens (tertiary/aromatic N) is 3.